The van der Waals surface area contributed by atoms with Crippen LogP contribution in [0.15, 0.2) is 12.1 Å². The van der Waals surface area contributed by atoms with Crippen LogP contribution in [0.1, 0.15) is 15.9 Å². The van der Waals surface area contributed by atoms with Crippen LogP contribution in [-0.2, 0) is 0 Å². The molecule has 0 saturated heterocycles. The lowest BCUT2D eigenvalue weighted by atomic mass is 10.1. The minimum Gasteiger partial charge on any atom is -0.324 e. The van der Waals surface area contributed by atoms with E-state index in [0.29, 0.717) is 0 Å². The standard InChI is InChI=1S/C9H9F2NO/c1-5-2-6(8(13)4-12)3-7(10)9(5)11/h2-3H,4,12H2,1H3. The van der Waals surface area contributed by atoms with E-state index in [4.69, 9.17) is 5.73 Å². The van der Waals surface area contributed by atoms with Gasteiger partial charge in [-0.3, -0.25) is 4.79 Å². The highest BCUT2D eigenvalue weighted by Crippen LogP contribution is 2.14. The quantitative estimate of drug-likeness (QED) is 0.708. The molecule has 1 aromatic carbocycles. The topological polar surface area (TPSA) is 43.1 Å². The summed E-state index contributed by atoms with van der Waals surface area (Å²) in [5.41, 5.74) is 5.29. The molecule has 0 unspecified atom stereocenters. The minimum atomic E-state index is -1.02. The summed E-state index contributed by atoms with van der Waals surface area (Å²) in [6, 6.07) is 2.14. The number of nitrogens with two attached hydrogens (primary N) is 1. The van der Waals surface area contributed by atoms with E-state index >= 15 is 0 Å². The first kappa shape index (κ1) is 9.80. The highest BCUT2D eigenvalue weighted by atomic mass is 19.2. The number of carbonyl (C=O) groups excluding carboxylic acids is 1. The van der Waals surface area contributed by atoms with E-state index < -0.39 is 17.4 Å². The lowest BCUT2D eigenvalue weighted by Crippen LogP contribution is -2.14. The van der Waals surface area contributed by atoms with E-state index in [0.717, 1.165) is 6.07 Å². The first-order chi connectivity index (χ1) is 6.06. The van der Waals surface area contributed by atoms with Gasteiger partial charge in [-0.2, -0.15) is 0 Å². The maximum absolute atomic E-state index is 12.8. The Morgan fingerprint density at radius 1 is 1.46 bits per heavy atom. The Balaban J connectivity index is 3.20. The Morgan fingerprint density at radius 3 is 2.54 bits per heavy atom. The van der Waals surface area contributed by atoms with Crippen molar-refractivity contribution in [3.05, 3.63) is 34.9 Å². The van der Waals surface area contributed by atoms with Crippen molar-refractivity contribution in [1.29, 1.82) is 0 Å². The van der Waals surface area contributed by atoms with Crippen molar-refractivity contribution in [1.82, 2.24) is 0 Å². The number of Topliss-reactive ketones (excluding diaryl/α,β-unsaturated/α-hetero) is 1. The molecule has 2 nitrogen and oxygen atoms in total. The number of hydrogen-bond donors (Lipinski definition) is 1. The molecular weight excluding hydrogens is 176 g/mol. The molecule has 1 aromatic rings. The molecule has 0 fully saturated rings. The molecule has 0 aliphatic heterocycles. The molecule has 0 saturated carbocycles. The molecule has 0 radical (unpaired) electrons. The zero-order valence-electron chi connectivity index (χ0n) is 7.10. The first-order valence-electron chi connectivity index (χ1n) is 3.75. The fourth-order valence-corrected chi connectivity index (χ4v) is 1.01. The predicted molar refractivity (Wildman–Crippen MR) is 44.5 cm³/mol. The van der Waals surface area contributed by atoms with Crippen LogP contribution in [0.3, 0.4) is 0 Å². The number of hydrogen-bond acceptors (Lipinski definition) is 2. The molecule has 70 valence electrons. The van der Waals surface area contributed by atoms with E-state index in [-0.39, 0.29) is 17.7 Å². The lowest BCUT2D eigenvalue weighted by Gasteiger charge is -2.02. The van der Waals surface area contributed by atoms with Crippen LogP contribution < -0.4 is 5.73 Å². The van der Waals surface area contributed by atoms with Crippen LogP contribution in [0.2, 0.25) is 0 Å². The highest BCUT2D eigenvalue weighted by Gasteiger charge is 2.11. The molecular formula is C9H9F2NO. The minimum absolute atomic E-state index is 0.108. The number of benzene rings is 1. The summed E-state index contributed by atoms with van der Waals surface area (Å²) in [6.45, 7) is 1.19. The molecule has 0 spiro atoms. The van der Waals surface area contributed by atoms with Crippen LogP contribution in [0.25, 0.3) is 0 Å². The molecule has 0 atom stereocenters. The third-order valence-corrected chi connectivity index (χ3v) is 1.72. The zero-order chi connectivity index (χ0) is 10.0. The van der Waals surface area contributed by atoms with Crippen molar-refractivity contribution in [2.45, 2.75) is 6.92 Å². The molecule has 4 heteroatoms. The van der Waals surface area contributed by atoms with Gasteiger partial charge in [-0.05, 0) is 24.6 Å². The summed E-state index contributed by atoms with van der Waals surface area (Å²) in [4.78, 5) is 11.0. The van der Waals surface area contributed by atoms with Gasteiger partial charge < -0.3 is 5.73 Å². The van der Waals surface area contributed by atoms with E-state index in [1.54, 1.807) is 0 Å². The van der Waals surface area contributed by atoms with Crippen LogP contribution in [0.4, 0.5) is 8.78 Å². The fraction of sp³-hybridized carbons (Fsp3) is 0.222. The van der Waals surface area contributed by atoms with E-state index in [1.807, 2.05) is 0 Å². The second-order valence-corrected chi connectivity index (χ2v) is 2.72. The van der Waals surface area contributed by atoms with Crippen molar-refractivity contribution in [3.63, 3.8) is 0 Å². The summed E-state index contributed by atoms with van der Waals surface area (Å²) in [5.74, 6) is -2.34. The molecule has 2 N–H and O–H groups in total. The van der Waals surface area contributed by atoms with Gasteiger partial charge in [0.05, 0.1) is 6.54 Å². The molecule has 0 bridgehead atoms. The number of ketones is 1. The third kappa shape index (κ3) is 1.89. The van der Waals surface area contributed by atoms with Gasteiger partial charge in [0.15, 0.2) is 17.4 Å². The monoisotopic (exact) mass is 185 g/mol. The molecule has 0 heterocycles. The molecule has 0 aromatic heterocycles. The van der Waals surface area contributed by atoms with Crippen molar-refractivity contribution in [2.75, 3.05) is 6.54 Å². The van der Waals surface area contributed by atoms with Gasteiger partial charge in [-0.15, -0.1) is 0 Å². The van der Waals surface area contributed by atoms with Gasteiger partial charge in [0.1, 0.15) is 0 Å². The van der Waals surface area contributed by atoms with Gasteiger partial charge in [-0.1, -0.05) is 0 Å². The SMILES string of the molecule is Cc1cc(C(=O)CN)cc(F)c1F. The van der Waals surface area contributed by atoms with Crippen LogP contribution in [0, 0.1) is 18.6 Å². The zero-order valence-corrected chi connectivity index (χ0v) is 7.10. The average Bonchev–Trinajstić information content (AvgIpc) is 2.12. The van der Waals surface area contributed by atoms with Crippen molar-refractivity contribution in [2.24, 2.45) is 5.73 Å². The number of aryl methyl sites for hydroxylation is 1. The van der Waals surface area contributed by atoms with E-state index in [9.17, 15) is 13.6 Å². The Bertz CT molecular complexity index is 326. The Kier molecular flexibility index (Phi) is 2.72. The number of rotatable bonds is 2. The van der Waals surface area contributed by atoms with Crippen molar-refractivity contribution in [3.8, 4) is 0 Å². The van der Waals surface area contributed by atoms with Gasteiger partial charge in [0.2, 0.25) is 0 Å². The summed E-state index contributed by atoms with van der Waals surface area (Å²) in [7, 11) is 0. The highest BCUT2D eigenvalue weighted by molar-refractivity contribution is 5.97. The Hall–Kier alpha value is -1.29. The largest absolute Gasteiger partial charge is 0.324 e. The molecule has 0 amide bonds. The van der Waals surface area contributed by atoms with Gasteiger partial charge in [0.25, 0.3) is 0 Å². The van der Waals surface area contributed by atoms with Crippen molar-refractivity contribution < 1.29 is 13.6 Å². The van der Waals surface area contributed by atoms with Gasteiger partial charge in [-0.25, -0.2) is 8.78 Å². The fourth-order valence-electron chi connectivity index (χ4n) is 1.01. The number of carbonyl (C=O) groups is 1. The molecule has 13 heavy (non-hydrogen) atoms. The van der Waals surface area contributed by atoms with Crippen LogP contribution in [0.5, 0.6) is 0 Å². The van der Waals surface area contributed by atoms with Crippen LogP contribution in [-0.4, -0.2) is 12.3 Å². The van der Waals surface area contributed by atoms with Crippen LogP contribution >= 0.6 is 0 Å². The summed E-state index contributed by atoms with van der Waals surface area (Å²) >= 11 is 0. The summed E-state index contributed by atoms with van der Waals surface area (Å²) in [5, 5.41) is 0. The van der Waals surface area contributed by atoms with Gasteiger partial charge >= 0.3 is 0 Å². The van der Waals surface area contributed by atoms with E-state index in [2.05, 4.69) is 0 Å². The smallest absolute Gasteiger partial charge is 0.176 e. The molecule has 0 aliphatic carbocycles. The second kappa shape index (κ2) is 3.62. The molecule has 0 aliphatic rings. The second-order valence-electron chi connectivity index (χ2n) is 2.72. The predicted octanol–water partition coefficient (Wildman–Crippen LogP) is 1.41. The Labute approximate surface area is 74.4 Å². The Morgan fingerprint density at radius 2 is 2.08 bits per heavy atom. The summed E-state index contributed by atoms with van der Waals surface area (Å²) < 4.78 is 25.5. The van der Waals surface area contributed by atoms with Gasteiger partial charge in [0, 0.05) is 5.56 Å². The average molecular weight is 185 g/mol. The molecule has 1 rings (SSSR count). The normalized spacial score (nSPS) is 10.2. The van der Waals surface area contributed by atoms with Crippen molar-refractivity contribution >= 4 is 5.78 Å². The first-order valence-corrected chi connectivity index (χ1v) is 3.75. The third-order valence-electron chi connectivity index (χ3n) is 1.72. The lowest BCUT2D eigenvalue weighted by molar-refractivity contribution is 0.100. The maximum Gasteiger partial charge on any atom is 0.176 e. The van der Waals surface area contributed by atoms with E-state index in [1.165, 1.54) is 13.0 Å². The maximum atomic E-state index is 12.8. The summed E-state index contributed by atoms with van der Waals surface area (Å²) in [6.07, 6.45) is 0. The number of halogens is 2.